The molecule has 0 amide bonds. The van der Waals surface area contributed by atoms with Crippen LogP contribution in [0.25, 0.3) is 10.4 Å². The highest BCUT2D eigenvalue weighted by Gasteiger charge is 2.21. The summed E-state index contributed by atoms with van der Waals surface area (Å²) in [6, 6.07) is 10.8. The van der Waals surface area contributed by atoms with E-state index < -0.39 is 17.1 Å². The molecule has 0 aliphatic rings. The zero-order valence-corrected chi connectivity index (χ0v) is 10.8. The van der Waals surface area contributed by atoms with E-state index in [1.54, 1.807) is 0 Å². The Balaban J connectivity index is 2.03. The molecular weight excluding hydrogens is 280 g/mol. The first kappa shape index (κ1) is 12.4. The van der Waals surface area contributed by atoms with Gasteiger partial charge in [0.05, 0.1) is 5.56 Å². The van der Waals surface area contributed by atoms with Crippen molar-refractivity contribution < 1.29 is 9.90 Å². The normalized spacial score (nSPS) is 10.8. The van der Waals surface area contributed by atoms with Crippen LogP contribution in [0.1, 0.15) is 10.4 Å². The summed E-state index contributed by atoms with van der Waals surface area (Å²) < 4.78 is 0.785. The third-order valence-electron chi connectivity index (χ3n) is 2.77. The Morgan fingerprint density at radius 2 is 1.80 bits per heavy atom. The average molecular weight is 288 g/mol. The standard InChI is InChI=1S/C13H8N2O4S/c16-11-12(17)15(11)14-10-8(13(18)19)6-9(20-10)7-4-2-1-3-5-7/h1-6,14H,(H,18,19). The van der Waals surface area contributed by atoms with Gasteiger partial charge in [-0.15, -0.1) is 11.3 Å². The first-order valence-corrected chi connectivity index (χ1v) is 6.47. The van der Waals surface area contributed by atoms with E-state index >= 15 is 0 Å². The molecular formula is C13H8N2O4S. The number of nitrogens with zero attached hydrogens (tertiary/aromatic N) is 1. The smallest absolute Gasteiger partial charge is 0.340 e. The van der Waals surface area contributed by atoms with Crippen LogP contribution >= 0.6 is 11.3 Å². The highest BCUT2D eigenvalue weighted by Crippen LogP contribution is 2.35. The second kappa shape index (κ2) is 4.46. The zero-order chi connectivity index (χ0) is 14.3. The minimum Gasteiger partial charge on any atom is -0.478 e. The molecule has 3 rings (SSSR count). The topological polar surface area (TPSA) is 88.4 Å². The second-order valence-corrected chi connectivity index (χ2v) is 5.13. The Morgan fingerprint density at radius 1 is 1.15 bits per heavy atom. The molecule has 2 N–H and O–H groups in total. The number of thiophene rings is 1. The first-order chi connectivity index (χ1) is 9.58. The summed E-state index contributed by atoms with van der Waals surface area (Å²) in [7, 11) is 0. The molecule has 0 unspecified atom stereocenters. The maximum atomic E-state index is 11.2. The van der Waals surface area contributed by atoms with E-state index in [9.17, 15) is 14.4 Å². The van der Waals surface area contributed by atoms with Crippen LogP contribution in [0.5, 0.6) is 0 Å². The van der Waals surface area contributed by atoms with Crippen molar-refractivity contribution >= 4 is 22.3 Å². The van der Waals surface area contributed by atoms with Gasteiger partial charge in [-0.2, -0.15) is 4.68 Å². The molecule has 0 atom stereocenters. The largest absolute Gasteiger partial charge is 0.478 e. The van der Waals surface area contributed by atoms with Gasteiger partial charge in [0.15, 0.2) is 0 Å². The molecule has 20 heavy (non-hydrogen) atoms. The highest BCUT2D eigenvalue weighted by molar-refractivity contribution is 7.19. The predicted molar refractivity (Wildman–Crippen MR) is 75.1 cm³/mol. The van der Waals surface area contributed by atoms with E-state index in [4.69, 9.17) is 5.11 Å². The Labute approximate surface area is 116 Å². The van der Waals surface area contributed by atoms with Crippen LogP contribution in [0.2, 0.25) is 0 Å². The molecule has 0 aliphatic heterocycles. The Hall–Kier alpha value is -2.67. The molecule has 6 nitrogen and oxygen atoms in total. The van der Waals surface area contributed by atoms with Crippen molar-refractivity contribution in [1.82, 2.24) is 4.68 Å². The Morgan fingerprint density at radius 3 is 2.35 bits per heavy atom. The second-order valence-electron chi connectivity index (χ2n) is 4.08. The monoisotopic (exact) mass is 288 g/mol. The third-order valence-corrected chi connectivity index (χ3v) is 3.86. The molecule has 2 heterocycles. The molecule has 0 aliphatic carbocycles. The van der Waals surface area contributed by atoms with Crippen molar-refractivity contribution in [2.24, 2.45) is 0 Å². The molecule has 100 valence electrons. The number of carboxylic acids is 1. The van der Waals surface area contributed by atoms with Crippen LogP contribution in [-0.2, 0) is 0 Å². The SMILES string of the molecule is O=C(O)c1cc(-c2ccccc2)sc1Nn1c(=O)c1=O. The van der Waals surface area contributed by atoms with Crippen LogP contribution in [0.3, 0.4) is 0 Å². The van der Waals surface area contributed by atoms with Crippen molar-refractivity contribution in [2.75, 3.05) is 5.43 Å². The molecule has 0 bridgehead atoms. The summed E-state index contributed by atoms with van der Waals surface area (Å²) in [5.74, 6) is -1.12. The lowest BCUT2D eigenvalue weighted by Gasteiger charge is -1.98. The first-order valence-electron chi connectivity index (χ1n) is 5.65. The van der Waals surface area contributed by atoms with Gasteiger partial charge in [-0.25, -0.2) is 4.79 Å². The highest BCUT2D eigenvalue weighted by atomic mass is 32.1. The van der Waals surface area contributed by atoms with Gasteiger partial charge in [-0.1, -0.05) is 30.3 Å². The number of carboxylic acid groups (broad SMARTS) is 1. The molecule has 1 aromatic carbocycles. The number of aromatic nitrogens is 1. The van der Waals surface area contributed by atoms with Crippen LogP contribution in [0, 0.1) is 0 Å². The zero-order valence-electron chi connectivity index (χ0n) is 9.99. The van der Waals surface area contributed by atoms with E-state index in [0.717, 1.165) is 15.1 Å². The summed E-state index contributed by atoms with van der Waals surface area (Å²) in [6.07, 6.45) is 0. The molecule has 0 saturated carbocycles. The number of benzene rings is 1. The molecule has 2 aromatic heterocycles. The molecule has 3 aromatic rings. The average Bonchev–Trinajstić information content (AvgIpc) is 2.88. The van der Waals surface area contributed by atoms with Gasteiger partial charge < -0.3 is 5.11 Å². The van der Waals surface area contributed by atoms with E-state index in [-0.39, 0.29) is 10.6 Å². The van der Waals surface area contributed by atoms with Gasteiger partial charge in [0.1, 0.15) is 5.00 Å². The number of hydrogen-bond donors (Lipinski definition) is 2. The van der Waals surface area contributed by atoms with Crippen LogP contribution in [0.4, 0.5) is 5.00 Å². The van der Waals surface area contributed by atoms with Gasteiger partial charge >= 0.3 is 17.1 Å². The fraction of sp³-hybridized carbons (Fsp3) is 0. The van der Waals surface area contributed by atoms with Crippen LogP contribution in [-0.4, -0.2) is 15.8 Å². The molecule has 0 spiro atoms. The Bertz CT molecular complexity index is 831. The predicted octanol–water partition coefficient (Wildman–Crippen LogP) is 1.39. The Kier molecular flexibility index (Phi) is 2.76. The van der Waals surface area contributed by atoms with Crippen molar-refractivity contribution in [3.63, 3.8) is 0 Å². The lowest BCUT2D eigenvalue weighted by Crippen LogP contribution is -2.09. The maximum Gasteiger partial charge on any atom is 0.340 e. The summed E-state index contributed by atoms with van der Waals surface area (Å²) >= 11 is 1.18. The van der Waals surface area contributed by atoms with E-state index in [0.29, 0.717) is 0 Å². The molecule has 0 radical (unpaired) electrons. The van der Waals surface area contributed by atoms with Crippen LogP contribution in [0.15, 0.2) is 46.0 Å². The number of carbonyl (C=O) groups is 1. The number of nitrogens with one attached hydrogen (secondary N) is 1. The number of rotatable bonds is 4. The number of aromatic carboxylic acids is 1. The fourth-order valence-corrected chi connectivity index (χ4v) is 2.76. The van der Waals surface area contributed by atoms with Crippen molar-refractivity contribution in [1.29, 1.82) is 0 Å². The van der Waals surface area contributed by atoms with Crippen molar-refractivity contribution in [3.8, 4) is 10.4 Å². The summed E-state index contributed by atoms with van der Waals surface area (Å²) in [5, 5.41) is 9.43. The lowest BCUT2D eigenvalue weighted by atomic mass is 10.1. The van der Waals surface area contributed by atoms with Gasteiger partial charge in [0, 0.05) is 4.88 Å². The molecule has 0 saturated heterocycles. The lowest BCUT2D eigenvalue weighted by molar-refractivity contribution is 0.0698. The van der Waals surface area contributed by atoms with Gasteiger partial charge in [0.25, 0.3) is 0 Å². The van der Waals surface area contributed by atoms with E-state index in [1.807, 2.05) is 30.3 Å². The van der Waals surface area contributed by atoms with Gasteiger partial charge in [-0.05, 0) is 11.6 Å². The van der Waals surface area contributed by atoms with E-state index in [2.05, 4.69) is 5.43 Å². The van der Waals surface area contributed by atoms with Crippen LogP contribution < -0.4 is 16.5 Å². The fourth-order valence-electron chi connectivity index (χ4n) is 1.72. The molecule has 0 fully saturated rings. The minimum absolute atomic E-state index is 0.0290. The van der Waals surface area contributed by atoms with Gasteiger partial charge in [-0.3, -0.25) is 15.0 Å². The summed E-state index contributed by atoms with van der Waals surface area (Å²) in [6.45, 7) is 0. The number of hydrogen-bond acceptors (Lipinski definition) is 5. The minimum atomic E-state index is -1.12. The van der Waals surface area contributed by atoms with Crippen molar-refractivity contribution in [3.05, 3.63) is 62.7 Å². The third kappa shape index (κ3) is 2.04. The number of anilines is 1. The molecule has 7 heteroatoms. The van der Waals surface area contributed by atoms with Gasteiger partial charge in [0.2, 0.25) is 0 Å². The van der Waals surface area contributed by atoms with E-state index in [1.165, 1.54) is 17.4 Å². The maximum absolute atomic E-state index is 11.2. The quantitative estimate of drug-likeness (QED) is 0.708. The summed E-state index contributed by atoms with van der Waals surface area (Å²) in [4.78, 5) is 33.9. The summed E-state index contributed by atoms with van der Waals surface area (Å²) in [5.41, 5.74) is 2.09. The van der Waals surface area contributed by atoms with Crippen molar-refractivity contribution in [2.45, 2.75) is 0 Å².